The minimum Gasteiger partial charge on any atom is -0.348 e. The Balaban J connectivity index is 2.74. The van der Waals surface area contributed by atoms with E-state index in [1.165, 1.54) is 0 Å². The molecule has 1 aromatic carbocycles. The molecule has 82 valence electrons. The fourth-order valence-corrected chi connectivity index (χ4v) is 1.55. The Morgan fingerprint density at radius 2 is 2.00 bits per heavy atom. The van der Waals surface area contributed by atoms with Crippen LogP contribution in [-0.2, 0) is 4.79 Å². The van der Waals surface area contributed by atoms with E-state index in [4.69, 9.17) is 23.2 Å². The molecule has 0 aliphatic carbocycles. The summed E-state index contributed by atoms with van der Waals surface area (Å²) in [5.41, 5.74) is 1.04. The van der Waals surface area contributed by atoms with E-state index < -0.39 is 0 Å². The maximum atomic E-state index is 11.2. The Hall–Kier alpha value is -0.730. The number of carbonyl (C=O) groups excluding carboxylic acids is 1. The first kappa shape index (κ1) is 12.3. The van der Waals surface area contributed by atoms with E-state index in [1.54, 1.807) is 0 Å². The number of rotatable bonds is 4. The molecule has 4 heteroatoms. The van der Waals surface area contributed by atoms with Crippen molar-refractivity contribution in [2.75, 3.05) is 5.88 Å². The molecule has 0 heterocycles. The topological polar surface area (TPSA) is 29.1 Å². The van der Waals surface area contributed by atoms with Gasteiger partial charge in [-0.15, -0.1) is 11.6 Å². The molecule has 1 N–H and O–H groups in total. The highest BCUT2D eigenvalue weighted by molar-refractivity contribution is 6.30. The van der Waals surface area contributed by atoms with Gasteiger partial charge < -0.3 is 5.32 Å². The number of hydrogen-bond acceptors (Lipinski definition) is 1. The van der Waals surface area contributed by atoms with Crippen molar-refractivity contribution in [2.45, 2.75) is 19.4 Å². The highest BCUT2D eigenvalue weighted by Crippen LogP contribution is 2.18. The van der Waals surface area contributed by atoms with Crippen LogP contribution in [0.1, 0.15) is 24.9 Å². The maximum absolute atomic E-state index is 11.2. The Morgan fingerprint density at radius 1 is 1.40 bits per heavy atom. The molecular formula is C11H13Cl2NO. The zero-order valence-electron chi connectivity index (χ0n) is 8.47. The number of benzene rings is 1. The smallest absolute Gasteiger partial charge is 0.235 e. The lowest BCUT2D eigenvalue weighted by molar-refractivity contribution is -0.119. The predicted octanol–water partition coefficient (Wildman–Crippen LogP) is 3.15. The molecule has 1 atom stereocenters. The maximum Gasteiger partial charge on any atom is 0.235 e. The molecule has 0 aliphatic rings. The van der Waals surface area contributed by atoms with Crippen LogP contribution in [0.2, 0.25) is 5.02 Å². The van der Waals surface area contributed by atoms with E-state index in [1.807, 2.05) is 31.2 Å². The lowest BCUT2D eigenvalue weighted by Gasteiger charge is -2.16. The Kier molecular flexibility index (Phi) is 4.92. The molecule has 0 aromatic heterocycles. The molecule has 0 fully saturated rings. The summed E-state index contributed by atoms with van der Waals surface area (Å²) in [4.78, 5) is 11.2. The molecule has 15 heavy (non-hydrogen) atoms. The van der Waals surface area contributed by atoms with Crippen molar-refractivity contribution >= 4 is 29.1 Å². The summed E-state index contributed by atoms with van der Waals surface area (Å²) in [6, 6.07) is 7.45. The Bertz CT molecular complexity index is 324. The first-order chi connectivity index (χ1) is 7.17. The number of amides is 1. The highest BCUT2D eigenvalue weighted by Gasteiger charge is 2.11. The van der Waals surface area contributed by atoms with Crippen molar-refractivity contribution in [3.63, 3.8) is 0 Å². The van der Waals surface area contributed by atoms with Crippen molar-refractivity contribution in [1.82, 2.24) is 5.32 Å². The lowest BCUT2D eigenvalue weighted by Crippen LogP contribution is -2.28. The zero-order valence-corrected chi connectivity index (χ0v) is 9.98. The summed E-state index contributed by atoms with van der Waals surface area (Å²) in [5.74, 6) is -0.164. The van der Waals surface area contributed by atoms with Crippen LogP contribution in [0.4, 0.5) is 0 Å². The SMILES string of the molecule is CC[C@@H](NC(=O)CCl)c1ccc(Cl)cc1. The molecule has 0 saturated heterocycles. The number of carbonyl (C=O) groups is 1. The summed E-state index contributed by atoms with van der Waals surface area (Å²) in [5, 5.41) is 3.53. The van der Waals surface area contributed by atoms with Gasteiger partial charge in [0.05, 0.1) is 6.04 Å². The largest absolute Gasteiger partial charge is 0.348 e. The van der Waals surface area contributed by atoms with Crippen molar-refractivity contribution in [3.05, 3.63) is 34.9 Å². The summed E-state index contributed by atoms with van der Waals surface area (Å²) in [7, 11) is 0. The second-order valence-corrected chi connectivity index (χ2v) is 3.92. The third kappa shape index (κ3) is 3.73. The Morgan fingerprint density at radius 3 is 2.47 bits per heavy atom. The molecule has 2 nitrogen and oxygen atoms in total. The van der Waals surface area contributed by atoms with Crippen LogP contribution in [0.3, 0.4) is 0 Å². The van der Waals surface area contributed by atoms with Crippen LogP contribution in [0.25, 0.3) is 0 Å². The van der Waals surface area contributed by atoms with E-state index >= 15 is 0 Å². The minimum absolute atomic E-state index is 0.00789. The first-order valence-corrected chi connectivity index (χ1v) is 5.69. The molecule has 0 bridgehead atoms. The average molecular weight is 246 g/mol. The fraction of sp³-hybridized carbons (Fsp3) is 0.364. The predicted molar refractivity (Wildman–Crippen MR) is 63.3 cm³/mol. The minimum atomic E-state index is -0.154. The molecule has 1 rings (SSSR count). The average Bonchev–Trinajstić information content (AvgIpc) is 2.27. The molecule has 0 saturated carbocycles. The molecule has 0 unspecified atom stereocenters. The second kappa shape index (κ2) is 5.99. The first-order valence-electron chi connectivity index (χ1n) is 4.78. The van der Waals surface area contributed by atoms with Crippen molar-refractivity contribution < 1.29 is 4.79 Å². The number of hydrogen-bond donors (Lipinski definition) is 1. The van der Waals surface area contributed by atoms with Gasteiger partial charge >= 0.3 is 0 Å². The second-order valence-electron chi connectivity index (χ2n) is 3.21. The van der Waals surface area contributed by atoms with Gasteiger partial charge in [-0.05, 0) is 24.1 Å². The summed E-state index contributed by atoms with van der Waals surface area (Å²) < 4.78 is 0. The molecule has 0 radical (unpaired) electrons. The third-order valence-corrected chi connectivity index (χ3v) is 2.63. The van der Waals surface area contributed by atoms with E-state index in [0.29, 0.717) is 5.02 Å². The van der Waals surface area contributed by atoms with Gasteiger partial charge in [-0.2, -0.15) is 0 Å². The monoisotopic (exact) mass is 245 g/mol. The van der Waals surface area contributed by atoms with Gasteiger partial charge in [0.1, 0.15) is 5.88 Å². The molecular weight excluding hydrogens is 233 g/mol. The van der Waals surface area contributed by atoms with Crippen LogP contribution in [0.5, 0.6) is 0 Å². The van der Waals surface area contributed by atoms with Crippen LogP contribution >= 0.6 is 23.2 Å². The van der Waals surface area contributed by atoms with Gasteiger partial charge in [-0.3, -0.25) is 4.79 Å². The van der Waals surface area contributed by atoms with Crippen molar-refractivity contribution in [1.29, 1.82) is 0 Å². The summed E-state index contributed by atoms with van der Waals surface area (Å²) in [6.45, 7) is 2.01. The standard InChI is InChI=1S/C11H13Cl2NO/c1-2-10(14-11(15)7-12)8-3-5-9(13)6-4-8/h3-6,10H,2,7H2,1H3,(H,14,15)/t10-/m1/s1. The molecule has 0 spiro atoms. The van der Waals surface area contributed by atoms with E-state index in [0.717, 1.165) is 12.0 Å². The van der Waals surface area contributed by atoms with Crippen LogP contribution in [-0.4, -0.2) is 11.8 Å². The number of halogens is 2. The number of nitrogens with one attached hydrogen (secondary N) is 1. The summed E-state index contributed by atoms with van der Waals surface area (Å²) in [6.07, 6.45) is 0.824. The van der Waals surface area contributed by atoms with Gasteiger partial charge in [0, 0.05) is 5.02 Å². The van der Waals surface area contributed by atoms with E-state index in [-0.39, 0.29) is 17.8 Å². The molecule has 0 aliphatic heterocycles. The van der Waals surface area contributed by atoms with Gasteiger partial charge in [0.15, 0.2) is 0 Å². The normalized spacial score (nSPS) is 12.2. The Labute approximate surface area is 99.6 Å². The quantitative estimate of drug-likeness (QED) is 0.812. The molecule has 1 amide bonds. The lowest BCUT2D eigenvalue weighted by atomic mass is 10.0. The van der Waals surface area contributed by atoms with Crippen LogP contribution in [0, 0.1) is 0 Å². The fourth-order valence-electron chi connectivity index (χ4n) is 1.35. The van der Waals surface area contributed by atoms with Gasteiger partial charge in [0.25, 0.3) is 0 Å². The zero-order chi connectivity index (χ0) is 11.3. The van der Waals surface area contributed by atoms with Gasteiger partial charge in [-0.25, -0.2) is 0 Å². The number of alkyl halides is 1. The van der Waals surface area contributed by atoms with Crippen molar-refractivity contribution in [2.24, 2.45) is 0 Å². The van der Waals surface area contributed by atoms with E-state index in [2.05, 4.69) is 5.32 Å². The van der Waals surface area contributed by atoms with Gasteiger partial charge in [-0.1, -0.05) is 30.7 Å². The van der Waals surface area contributed by atoms with Gasteiger partial charge in [0.2, 0.25) is 5.91 Å². The van der Waals surface area contributed by atoms with Crippen LogP contribution < -0.4 is 5.32 Å². The van der Waals surface area contributed by atoms with Crippen molar-refractivity contribution in [3.8, 4) is 0 Å². The molecule has 1 aromatic rings. The third-order valence-electron chi connectivity index (χ3n) is 2.14. The summed E-state index contributed by atoms with van der Waals surface area (Å²) >= 11 is 11.2. The van der Waals surface area contributed by atoms with Crippen LogP contribution in [0.15, 0.2) is 24.3 Å². The highest BCUT2D eigenvalue weighted by atomic mass is 35.5. The van der Waals surface area contributed by atoms with E-state index in [9.17, 15) is 4.79 Å².